The maximum absolute atomic E-state index is 4.70. The Kier molecular flexibility index (Phi) is 3.92. The number of thiazole rings is 1. The van der Waals surface area contributed by atoms with E-state index in [9.17, 15) is 0 Å². The highest BCUT2D eigenvalue weighted by Gasteiger charge is 2.07. The van der Waals surface area contributed by atoms with Gasteiger partial charge in [-0.15, -0.1) is 11.3 Å². The summed E-state index contributed by atoms with van der Waals surface area (Å²) < 4.78 is 0. The van der Waals surface area contributed by atoms with E-state index < -0.39 is 0 Å². The minimum absolute atomic E-state index is 0.772. The molecule has 5 rings (SSSR count). The summed E-state index contributed by atoms with van der Waals surface area (Å²) in [5, 5.41) is 10.8. The van der Waals surface area contributed by atoms with E-state index in [1.54, 1.807) is 11.3 Å². The molecule has 0 fully saturated rings. The smallest absolute Gasteiger partial charge is 0.203 e. The van der Waals surface area contributed by atoms with Crippen molar-refractivity contribution in [2.24, 2.45) is 5.10 Å². The number of aromatic nitrogens is 2. The highest BCUT2D eigenvalue weighted by molar-refractivity contribution is 7.14. The molecule has 0 aliphatic rings. The number of anilines is 1. The minimum atomic E-state index is 0.772. The first-order chi connectivity index (χ1) is 13.4. The van der Waals surface area contributed by atoms with Gasteiger partial charge in [-0.25, -0.2) is 4.98 Å². The number of H-pyrrole nitrogens is 1. The quantitative estimate of drug-likeness (QED) is 0.307. The lowest BCUT2D eigenvalue weighted by molar-refractivity contribution is 1.29. The van der Waals surface area contributed by atoms with E-state index in [4.69, 9.17) is 4.98 Å². The topological polar surface area (TPSA) is 53.1 Å². The van der Waals surface area contributed by atoms with Crippen LogP contribution in [0.1, 0.15) is 5.56 Å². The average molecular weight is 368 g/mol. The van der Waals surface area contributed by atoms with Gasteiger partial charge < -0.3 is 4.98 Å². The second-order valence-electron chi connectivity index (χ2n) is 6.22. The van der Waals surface area contributed by atoms with Crippen molar-refractivity contribution >= 4 is 44.4 Å². The van der Waals surface area contributed by atoms with Crippen molar-refractivity contribution < 1.29 is 0 Å². The molecule has 0 saturated heterocycles. The number of fused-ring (bicyclic) bond motifs is 2. The van der Waals surface area contributed by atoms with E-state index >= 15 is 0 Å². The van der Waals surface area contributed by atoms with E-state index in [0.717, 1.165) is 32.9 Å². The number of hydrogen-bond donors (Lipinski definition) is 2. The van der Waals surface area contributed by atoms with Crippen LogP contribution >= 0.6 is 11.3 Å². The summed E-state index contributed by atoms with van der Waals surface area (Å²) in [7, 11) is 0. The lowest BCUT2D eigenvalue weighted by Gasteiger charge is -2.03. The van der Waals surface area contributed by atoms with Crippen LogP contribution in [-0.2, 0) is 0 Å². The lowest BCUT2D eigenvalue weighted by atomic mass is 10.0. The third kappa shape index (κ3) is 2.98. The molecule has 2 N–H and O–H groups in total. The predicted molar refractivity (Wildman–Crippen MR) is 115 cm³/mol. The van der Waals surface area contributed by atoms with Crippen LogP contribution in [0.15, 0.2) is 83.4 Å². The number of benzene rings is 3. The Morgan fingerprint density at radius 3 is 2.70 bits per heavy atom. The summed E-state index contributed by atoms with van der Waals surface area (Å²) in [6.07, 6.45) is 3.77. The lowest BCUT2D eigenvalue weighted by Crippen LogP contribution is -1.90. The van der Waals surface area contributed by atoms with Crippen LogP contribution in [0, 0.1) is 0 Å². The number of hydrazone groups is 1. The first-order valence-corrected chi connectivity index (χ1v) is 9.55. The van der Waals surface area contributed by atoms with Gasteiger partial charge in [0.05, 0.1) is 11.9 Å². The Balaban J connectivity index is 1.39. The van der Waals surface area contributed by atoms with Crippen LogP contribution in [0.4, 0.5) is 5.13 Å². The maximum Gasteiger partial charge on any atom is 0.203 e. The highest BCUT2D eigenvalue weighted by Crippen LogP contribution is 2.30. The molecule has 0 atom stereocenters. The van der Waals surface area contributed by atoms with Crippen LogP contribution < -0.4 is 5.43 Å². The van der Waals surface area contributed by atoms with Crippen LogP contribution in [0.3, 0.4) is 0 Å². The molecule has 0 bridgehead atoms. The molecular formula is C22H16N4S. The Hall–Kier alpha value is -3.44. The number of hydrogen-bond acceptors (Lipinski definition) is 4. The summed E-state index contributed by atoms with van der Waals surface area (Å²) in [6, 6.07) is 22.8. The molecule has 5 heteroatoms. The second-order valence-corrected chi connectivity index (χ2v) is 7.08. The largest absolute Gasteiger partial charge is 0.361 e. The van der Waals surface area contributed by atoms with Gasteiger partial charge in [0, 0.05) is 33.6 Å². The third-order valence-electron chi connectivity index (χ3n) is 4.55. The molecule has 27 heavy (non-hydrogen) atoms. The van der Waals surface area contributed by atoms with Crippen LogP contribution in [0.5, 0.6) is 0 Å². The van der Waals surface area contributed by atoms with Crippen LogP contribution in [0.25, 0.3) is 32.9 Å². The first kappa shape index (κ1) is 15.8. The minimum Gasteiger partial charge on any atom is -0.361 e. The van der Waals surface area contributed by atoms with Gasteiger partial charge in [-0.2, -0.15) is 5.10 Å². The Bertz CT molecular complexity index is 1260. The van der Waals surface area contributed by atoms with E-state index in [2.05, 4.69) is 75.5 Å². The summed E-state index contributed by atoms with van der Waals surface area (Å²) in [4.78, 5) is 7.95. The molecule has 2 aromatic heterocycles. The van der Waals surface area contributed by atoms with Gasteiger partial charge in [0.2, 0.25) is 5.13 Å². The van der Waals surface area contributed by atoms with Gasteiger partial charge in [-0.05, 0) is 16.8 Å². The molecule has 0 spiro atoms. The number of rotatable bonds is 4. The molecule has 5 aromatic rings. The fraction of sp³-hybridized carbons (Fsp3) is 0. The predicted octanol–water partition coefficient (Wildman–Crippen LogP) is 5.89. The Morgan fingerprint density at radius 2 is 1.74 bits per heavy atom. The molecule has 0 radical (unpaired) electrons. The molecule has 3 aromatic carbocycles. The van der Waals surface area contributed by atoms with Gasteiger partial charge in [0.15, 0.2) is 0 Å². The van der Waals surface area contributed by atoms with Gasteiger partial charge >= 0.3 is 0 Å². The van der Waals surface area contributed by atoms with Gasteiger partial charge in [0.25, 0.3) is 0 Å². The van der Waals surface area contributed by atoms with Crippen molar-refractivity contribution in [2.75, 3.05) is 5.43 Å². The molecule has 0 saturated carbocycles. The summed E-state index contributed by atoms with van der Waals surface area (Å²) in [5.41, 5.74) is 7.29. The molecule has 0 amide bonds. The van der Waals surface area contributed by atoms with Crippen LogP contribution in [0.2, 0.25) is 0 Å². The zero-order chi connectivity index (χ0) is 18.1. The van der Waals surface area contributed by atoms with E-state index in [0.29, 0.717) is 0 Å². The van der Waals surface area contributed by atoms with Crippen molar-refractivity contribution in [2.45, 2.75) is 0 Å². The Morgan fingerprint density at radius 1 is 0.926 bits per heavy atom. The molecule has 0 aliphatic carbocycles. The Labute approximate surface area is 160 Å². The summed E-state index contributed by atoms with van der Waals surface area (Å²) in [5.74, 6) is 0. The fourth-order valence-corrected chi connectivity index (χ4v) is 3.91. The summed E-state index contributed by atoms with van der Waals surface area (Å²) in [6.45, 7) is 0. The van der Waals surface area contributed by atoms with Gasteiger partial charge in [-0.1, -0.05) is 60.7 Å². The highest BCUT2D eigenvalue weighted by atomic mass is 32.1. The number of aromatic amines is 1. The van der Waals surface area contributed by atoms with E-state index in [1.807, 2.05) is 24.5 Å². The van der Waals surface area contributed by atoms with Crippen molar-refractivity contribution in [3.63, 3.8) is 0 Å². The maximum atomic E-state index is 4.70. The van der Waals surface area contributed by atoms with Gasteiger partial charge in [0.1, 0.15) is 0 Å². The SMILES string of the molecule is C(=N\Nc1nc(-c2cccc3ccccc23)cs1)/c1c[nH]c2ccccc12. The first-order valence-electron chi connectivity index (χ1n) is 8.67. The number of para-hydroxylation sites is 1. The van der Waals surface area contributed by atoms with E-state index in [-0.39, 0.29) is 0 Å². The van der Waals surface area contributed by atoms with E-state index in [1.165, 1.54) is 10.8 Å². The van der Waals surface area contributed by atoms with Crippen molar-refractivity contribution in [1.29, 1.82) is 0 Å². The second kappa shape index (κ2) is 6.70. The van der Waals surface area contributed by atoms with Crippen molar-refractivity contribution in [3.05, 3.63) is 83.9 Å². The molecule has 130 valence electrons. The molecular weight excluding hydrogens is 352 g/mol. The zero-order valence-corrected chi connectivity index (χ0v) is 15.2. The van der Waals surface area contributed by atoms with Crippen molar-refractivity contribution in [1.82, 2.24) is 9.97 Å². The van der Waals surface area contributed by atoms with Crippen LogP contribution in [-0.4, -0.2) is 16.2 Å². The van der Waals surface area contributed by atoms with Gasteiger partial charge in [-0.3, -0.25) is 5.43 Å². The standard InChI is InChI=1S/C22H16N4S/c1-2-8-17-15(6-1)7-5-10-19(17)21-14-27-22(25-21)26-24-13-16-12-23-20-11-4-3-9-18(16)20/h1-14,23H,(H,25,26)/b24-13+. The third-order valence-corrected chi connectivity index (χ3v) is 5.30. The summed E-state index contributed by atoms with van der Waals surface area (Å²) >= 11 is 1.55. The molecule has 0 aliphatic heterocycles. The normalized spacial score (nSPS) is 11.6. The molecule has 4 nitrogen and oxygen atoms in total. The fourth-order valence-electron chi connectivity index (χ4n) is 3.26. The average Bonchev–Trinajstić information content (AvgIpc) is 3.35. The number of nitrogens with one attached hydrogen (secondary N) is 2. The zero-order valence-electron chi connectivity index (χ0n) is 14.4. The molecule has 0 unspecified atom stereocenters. The van der Waals surface area contributed by atoms with Crippen molar-refractivity contribution in [3.8, 4) is 11.3 Å². The monoisotopic (exact) mass is 368 g/mol. The number of nitrogens with zero attached hydrogens (tertiary/aromatic N) is 2. The molecule has 2 heterocycles.